The number of piperidine rings is 1. The minimum atomic E-state index is -0.482. The van der Waals surface area contributed by atoms with Crippen LogP contribution in [0.3, 0.4) is 0 Å². The van der Waals surface area contributed by atoms with Gasteiger partial charge in [-0.3, -0.25) is 4.79 Å². The molecular weight excluding hydrogens is 476 g/mol. The third-order valence-electron chi connectivity index (χ3n) is 7.26. The zero-order chi connectivity index (χ0) is 26.5. The molecule has 196 valence electrons. The summed E-state index contributed by atoms with van der Waals surface area (Å²) in [5.74, 6) is 0.624. The Morgan fingerprint density at radius 2 is 1.55 bits per heavy atom. The van der Waals surface area contributed by atoms with Crippen LogP contribution in [0.15, 0.2) is 88.1 Å². The number of nitrogens with zero attached hydrogens (tertiary/aromatic N) is 2. The molecule has 6 heteroatoms. The Kier molecular flexibility index (Phi) is 7.89. The van der Waals surface area contributed by atoms with E-state index in [0.717, 1.165) is 53.8 Å². The van der Waals surface area contributed by atoms with Gasteiger partial charge >= 0.3 is 5.63 Å². The van der Waals surface area contributed by atoms with Gasteiger partial charge in [-0.25, -0.2) is 4.79 Å². The van der Waals surface area contributed by atoms with Crippen LogP contribution in [0, 0.1) is 6.92 Å². The summed E-state index contributed by atoms with van der Waals surface area (Å²) in [6, 6.07) is 25.4. The van der Waals surface area contributed by atoms with Crippen molar-refractivity contribution in [2.45, 2.75) is 45.4 Å². The molecule has 1 aromatic heterocycles. The van der Waals surface area contributed by atoms with Gasteiger partial charge in [-0.2, -0.15) is 0 Å². The van der Waals surface area contributed by atoms with Crippen LogP contribution in [0.2, 0.25) is 0 Å². The highest BCUT2D eigenvalue weighted by Crippen LogP contribution is 2.29. The summed E-state index contributed by atoms with van der Waals surface area (Å²) in [5, 5.41) is 0.790. The lowest BCUT2D eigenvalue weighted by Gasteiger charge is -2.29. The van der Waals surface area contributed by atoms with Crippen molar-refractivity contribution >= 4 is 16.9 Å². The first-order valence-corrected chi connectivity index (χ1v) is 13.2. The number of likely N-dealkylation sites (tertiary alicyclic amines) is 1. The van der Waals surface area contributed by atoms with Crippen LogP contribution in [0.1, 0.15) is 35.1 Å². The second kappa shape index (κ2) is 11.7. The monoisotopic (exact) mass is 510 g/mol. The summed E-state index contributed by atoms with van der Waals surface area (Å²) in [6.45, 7) is 4.86. The van der Waals surface area contributed by atoms with E-state index in [-0.39, 0.29) is 18.4 Å². The molecule has 5 rings (SSSR count). The highest BCUT2D eigenvalue weighted by Gasteiger charge is 2.21. The summed E-state index contributed by atoms with van der Waals surface area (Å²) >= 11 is 0. The molecule has 0 bridgehead atoms. The van der Waals surface area contributed by atoms with Crippen molar-refractivity contribution in [3.8, 4) is 5.75 Å². The fourth-order valence-electron chi connectivity index (χ4n) is 5.00. The number of carbonyl (C=O) groups is 1. The molecule has 1 saturated heterocycles. The van der Waals surface area contributed by atoms with Crippen LogP contribution in [0.4, 0.5) is 0 Å². The molecule has 0 N–H and O–H groups in total. The molecule has 1 amide bonds. The van der Waals surface area contributed by atoms with E-state index in [9.17, 15) is 9.59 Å². The maximum absolute atomic E-state index is 13.5. The second-order valence-electron chi connectivity index (χ2n) is 10.2. The van der Waals surface area contributed by atoms with Gasteiger partial charge in [0.1, 0.15) is 17.4 Å². The lowest BCUT2D eigenvalue weighted by molar-refractivity contribution is -0.131. The van der Waals surface area contributed by atoms with Gasteiger partial charge in [0.15, 0.2) is 0 Å². The molecule has 38 heavy (non-hydrogen) atoms. The Morgan fingerprint density at radius 3 is 2.16 bits per heavy atom. The highest BCUT2D eigenvalue weighted by molar-refractivity contribution is 5.84. The molecule has 1 fully saturated rings. The van der Waals surface area contributed by atoms with Crippen molar-refractivity contribution in [2.75, 3.05) is 20.1 Å². The van der Waals surface area contributed by atoms with Crippen LogP contribution in [0.25, 0.3) is 11.0 Å². The molecular formula is C32H34N2O4. The summed E-state index contributed by atoms with van der Waals surface area (Å²) < 4.78 is 12.0. The van der Waals surface area contributed by atoms with Crippen LogP contribution in [0.5, 0.6) is 5.75 Å². The largest absolute Gasteiger partial charge is 0.490 e. The number of hydrogen-bond donors (Lipinski definition) is 0. The number of benzene rings is 3. The summed E-state index contributed by atoms with van der Waals surface area (Å²) in [5.41, 5.74) is 3.28. The highest BCUT2D eigenvalue weighted by atomic mass is 16.5. The number of ether oxygens (including phenoxy) is 1. The minimum Gasteiger partial charge on any atom is -0.490 e. The predicted octanol–water partition coefficient (Wildman–Crippen LogP) is 5.35. The van der Waals surface area contributed by atoms with Gasteiger partial charge in [-0.1, -0.05) is 60.7 Å². The molecule has 0 spiro atoms. The normalized spacial score (nSPS) is 14.5. The average molecular weight is 511 g/mol. The molecule has 0 radical (unpaired) electrons. The first-order chi connectivity index (χ1) is 18.5. The fraction of sp³-hybridized carbons (Fsp3) is 0.312. The van der Waals surface area contributed by atoms with Crippen LogP contribution < -0.4 is 10.4 Å². The van der Waals surface area contributed by atoms with Gasteiger partial charge in [0.05, 0.1) is 6.42 Å². The van der Waals surface area contributed by atoms with Crippen molar-refractivity contribution in [1.82, 2.24) is 9.80 Å². The Hall–Kier alpha value is -3.90. The quantitative estimate of drug-likeness (QED) is 0.299. The van der Waals surface area contributed by atoms with E-state index in [4.69, 9.17) is 9.15 Å². The van der Waals surface area contributed by atoms with E-state index >= 15 is 0 Å². The zero-order valence-electron chi connectivity index (χ0n) is 22.1. The SMILES string of the molecule is Cc1c(OC2CCN(C)CC2)ccc2cc(CC(=O)N(Cc3ccccc3)Cc3ccccc3)c(=O)oc12. The van der Waals surface area contributed by atoms with E-state index in [1.165, 1.54) is 0 Å². The van der Waals surface area contributed by atoms with Crippen LogP contribution in [-0.2, 0) is 24.3 Å². The Labute approximate surface area is 223 Å². The van der Waals surface area contributed by atoms with Crippen molar-refractivity contribution in [1.29, 1.82) is 0 Å². The standard InChI is InChI=1S/C32H34N2O4/c1-23-29(37-28-15-17-33(2)18-16-28)14-13-26-19-27(32(36)38-31(23)26)20-30(35)34(21-24-9-5-3-6-10-24)22-25-11-7-4-8-12-25/h3-14,19,28H,15-18,20-22H2,1-2H3. The maximum atomic E-state index is 13.5. The first-order valence-electron chi connectivity index (χ1n) is 13.2. The number of fused-ring (bicyclic) bond motifs is 1. The molecule has 4 aromatic rings. The topological polar surface area (TPSA) is 63.0 Å². The van der Waals surface area contributed by atoms with E-state index in [1.54, 1.807) is 11.0 Å². The van der Waals surface area contributed by atoms with Gasteiger partial charge in [0, 0.05) is 42.7 Å². The van der Waals surface area contributed by atoms with Gasteiger partial charge < -0.3 is 19.0 Å². The molecule has 0 unspecified atom stereocenters. The van der Waals surface area contributed by atoms with Crippen LogP contribution >= 0.6 is 0 Å². The Morgan fingerprint density at radius 1 is 0.947 bits per heavy atom. The number of carbonyl (C=O) groups excluding carboxylic acids is 1. The van der Waals surface area contributed by atoms with Gasteiger partial charge in [0.2, 0.25) is 5.91 Å². The van der Waals surface area contributed by atoms with E-state index < -0.39 is 5.63 Å². The fourth-order valence-corrected chi connectivity index (χ4v) is 5.00. The molecule has 0 aliphatic carbocycles. The van der Waals surface area contributed by atoms with Crippen molar-refractivity contribution < 1.29 is 13.9 Å². The van der Waals surface area contributed by atoms with E-state index in [1.807, 2.05) is 79.7 Å². The first kappa shape index (κ1) is 25.7. The third kappa shape index (κ3) is 6.14. The maximum Gasteiger partial charge on any atom is 0.339 e. The Bertz CT molecular complexity index is 1400. The lowest BCUT2D eigenvalue weighted by atomic mass is 10.1. The molecule has 0 saturated carbocycles. The second-order valence-corrected chi connectivity index (χ2v) is 10.2. The molecule has 1 aliphatic rings. The molecule has 6 nitrogen and oxygen atoms in total. The molecule has 1 aliphatic heterocycles. The van der Waals surface area contributed by atoms with Crippen molar-refractivity contribution in [2.24, 2.45) is 0 Å². The number of amides is 1. The van der Waals surface area contributed by atoms with Gasteiger partial charge in [-0.05, 0) is 56.1 Å². The number of aryl methyl sites for hydroxylation is 1. The average Bonchev–Trinajstić information content (AvgIpc) is 2.93. The lowest BCUT2D eigenvalue weighted by Crippen LogP contribution is -2.35. The van der Waals surface area contributed by atoms with E-state index in [2.05, 4.69) is 11.9 Å². The van der Waals surface area contributed by atoms with Gasteiger partial charge in [0.25, 0.3) is 0 Å². The van der Waals surface area contributed by atoms with E-state index in [0.29, 0.717) is 24.2 Å². The zero-order valence-corrected chi connectivity index (χ0v) is 22.1. The predicted molar refractivity (Wildman–Crippen MR) is 149 cm³/mol. The summed E-state index contributed by atoms with van der Waals surface area (Å²) in [4.78, 5) is 30.6. The summed E-state index contributed by atoms with van der Waals surface area (Å²) in [7, 11) is 2.12. The van der Waals surface area contributed by atoms with Crippen molar-refractivity contribution in [3.05, 3.63) is 112 Å². The van der Waals surface area contributed by atoms with Gasteiger partial charge in [-0.15, -0.1) is 0 Å². The molecule has 0 atom stereocenters. The third-order valence-corrected chi connectivity index (χ3v) is 7.26. The number of hydrogen-bond acceptors (Lipinski definition) is 5. The summed E-state index contributed by atoms with van der Waals surface area (Å²) in [6.07, 6.45) is 2.08. The number of rotatable bonds is 8. The molecule has 2 heterocycles. The molecule has 3 aromatic carbocycles. The smallest absolute Gasteiger partial charge is 0.339 e. The van der Waals surface area contributed by atoms with Crippen LogP contribution in [-0.4, -0.2) is 41.9 Å². The Balaban J connectivity index is 1.36. The van der Waals surface area contributed by atoms with Crippen molar-refractivity contribution in [3.63, 3.8) is 0 Å². The minimum absolute atomic E-state index is 0.0230.